The Balaban J connectivity index is 2.49. The van der Waals surface area contributed by atoms with E-state index >= 15 is 0 Å². The summed E-state index contributed by atoms with van der Waals surface area (Å²) in [6, 6.07) is 8.11. The number of benzene rings is 2. The van der Waals surface area contributed by atoms with Gasteiger partial charge in [-0.15, -0.1) is 0 Å². The van der Waals surface area contributed by atoms with Crippen LogP contribution in [0.5, 0.6) is 0 Å². The number of aliphatic hydroxyl groups excluding tert-OH is 1. The Hall–Kier alpha value is -0.750. The average Bonchev–Trinajstić information content (AvgIpc) is 2.40. The number of hydrogen-bond donors (Lipinski definition) is 1. The molecule has 0 heterocycles. The molecule has 2 aromatic carbocycles. The Morgan fingerprint density at radius 3 is 2.38 bits per heavy atom. The summed E-state index contributed by atoms with van der Waals surface area (Å²) in [4.78, 5) is 0. The number of aliphatic hydroxyl groups is 1. The summed E-state index contributed by atoms with van der Waals surface area (Å²) in [5.74, 6) is 0. The predicted octanol–water partition coefficient (Wildman–Crippen LogP) is 5.86. The largest absolute Gasteiger partial charge is 0.417 e. The minimum Gasteiger partial charge on any atom is -0.384 e. The third-order valence-electron chi connectivity index (χ3n) is 2.89. The van der Waals surface area contributed by atoms with Crippen LogP contribution in [-0.2, 0) is 6.18 Å². The molecule has 2 rings (SSSR count). The van der Waals surface area contributed by atoms with Crippen molar-refractivity contribution < 1.29 is 18.3 Å². The number of hydrogen-bond acceptors (Lipinski definition) is 1. The molecule has 1 nitrogen and oxygen atoms in total. The smallest absolute Gasteiger partial charge is 0.384 e. The van der Waals surface area contributed by atoms with Gasteiger partial charge in [0.1, 0.15) is 6.10 Å². The third-order valence-corrected chi connectivity index (χ3v) is 4.41. The second-order valence-corrected chi connectivity index (χ2v) is 5.92. The van der Waals surface area contributed by atoms with E-state index in [2.05, 4.69) is 15.9 Å². The van der Waals surface area contributed by atoms with Crippen LogP contribution in [0.2, 0.25) is 10.0 Å². The van der Waals surface area contributed by atoms with Crippen LogP contribution >= 0.6 is 39.1 Å². The standard InChI is InChI=1S/C14H8BrCl2F3O/c15-10-5-4-7(6-9(10)14(18,19)20)13(21)8-2-1-3-11(16)12(8)17/h1-6,13,21H. The summed E-state index contributed by atoms with van der Waals surface area (Å²) in [6.07, 6.45) is -5.82. The molecule has 0 saturated heterocycles. The Morgan fingerprint density at radius 2 is 1.76 bits per heavy atom. The topological polar surface area (TPSA) is 20.2 Å². The molecule has 2 aromatic rings. The van der Waals surface area contributed by atoms with Gasteiger partial charge in [0.2, 0.25) is 0 Å². The van der Waals surface area contributed by atoms with Crippen molar-refractivity contribution in [2.45, 2.75) is 12.3 Å². The number of rotatable bonds is 2. The molecule has 0 spiro atoms. The fourth-order valence-corrected chi connectivity index (χ4v) is 2.72. The minimum absolute atomic E-state index is 0.0784. The summed E-state index contributed by atoms with van der Waals surface area (Å²) < 4.78 is 38.5. The molecular weight excluding hydrogens is 392 g/mol. The van der Waals surface area contributed by atoms with Gasteiger partial charge in [-0.3, -0.25) is 0 Å². The Kier molecular flexibility index (Phi) is 4.88. The van der Waals surface area contributed by atoms with E-state index in [1.165, 1.54) is 24.3 Å². The van der Waals surface area contributed by atoms with E-state index in [9.17, 15) is 18.3 Å². The molecule has 0 bridgehead atoms. The molecule has 21 heavy (non-hydrogen) atoms. The Bertz CT molecular complexity index is 674. The van der Waals surface area contributed by atoms with Crippen molar-refractivity contribution in [3.63, 3.8) is 0 Å². The highest BCUT2D eigenvalue weighted by molar-refractivity contribution is 9.10. The van der Waals surface area contributed by atoms with Gasteiger partial charge in [0.25, 0.3) is 0 Å². The van der Waals surface area contributed by atoms with Crippen LogP contribution in [-0.4, -0.2) is 5.11 Å². The fraction of sp³-hybridized carbons (Fsp3) is 0.143. The molecule has 112 valence electrons. The average molecular weight is 400 g/mol. The number of alkyl halides is 3. The van der Waals surface area contributed by atoms with Crippen LogP contribution < -0.4 is 0 Å². The SMILES string of the molecule is OC(c1ccc(Br)c(C(F)(F)F)c1)c1cccc(Cl)c1Cl. The van der Waals surface area contributed by atoms with E-state index in [-0.39, 0.29) is 25.6 Å². The molecule has 0 aliphatic rings. The first kappa shape index (κ1) is 16.6. The lowest BCUT2D eigenvalue weighted by molar-refractivity contribution is -0.138. The third kappa shape index (κ3) is 3.54. The molecule has 7 heteroatoms. The van der Waals surface area contributed by atoms with Gasteiger partial charge in [-0.1, -0.05) is 57.3 Å². The highest BCUT2D eigenvalue weighted by atomic mass is 79.9. The van der Waals surface area contributed by atoms with E-state index < -0.39 is 17.8 Å². The van der Waals surface area contributed by atoms with Gasteiger partial charge in [-0.25, -0.2) is 0 Å². The lowest BCUT2D eigenvalue weighted by atomic mass is 9.99. The monoisotopic (exact) mass is 398 g/mol. The maximum absolute atomic E-state index is 12.9. The predicted molar refractivity (Wildman–Crippen MR) is 79.7 cm³/mol. The lowest BCUT2D eigenvalue weighted by Gasteiger charge is -2.16. The van der Waals surface area contributed by atoms with Crippen LogP contribution in [0, 0.1) is 0 Å². The second kappa shape index (κ2) is 6.16. The van der Waals surface area contributed by atoms with Gasteiger partial charge in [-0.2, -0.15) is 13.2 Å². The van der Waals surface area contributed by atoms with Crippen LogP contribution in [0.1, 0.15) is 22.8 Å². The Morgan fingerprint density at radius 1 is 1.10 bits per heavy atom. The summed E-state index contributed by atoms with van der Waals surface area (Å²) in [5, 5.41) is 10.6. The van der Waals surface area contributed by atoms with Crippen LogP contribution in [0.3, 0.4) is 0 Å². The van der Waals surface area contributed by atoms with E-state index in [4.69, 9.17) is 23.2 Å². The molecule has 0 radical (unpaired) electrons. The molecule has 0 fully saturated rings. The molecule has 1 atom stereocenters. The minimum atomic E-state index is -4.52. The second-order valence-electron chi connectivity index (χ2n) is 4.28. The van der Waals surface area contributed by atoms with E-state index in [1.54, 1.807) is 6.07 Å². The van der Waals surface area contributed by atoms with Gasteiger partial charge < -0.3 is 5.11 Å². The van der Waals surface area contributed by atoms with Crippen molar-refractivity contribution >= 4 is 39.1 Å². The fourth-order valence-electron chi connectivity index (χ4n) is 1.84. The zero-order chi connectivity index (χ0) is 15.8. The summed E-state index contributed by atoms with van der Waals surface area (Å²) in [6.45, 7) is 0. The van der Waals surface area contributed by atoms with Crippen LogP contribution in [0.25, 0.3) is 0 Å². The molecule has 0 aliphatic heterocycles. The van der Waals surface area contributed by atoms with E-state index in [1.807, 2.05) is 0 Å². The first-order chi connectivity index (χ1) is 9.71. The summed E-state index contributed by atoms with van der Waals surface area (Å²) in [7, 11) is 0. The van der Waals surface area contributed by atoms with Gasteiger partial charge in [0, 0.05) is 10.0 Å². The van der Waals surface area contributed by atoms with Gasteiger partial charge >= 0.3 is 6.18 Å². The van der Waals surface area contributed by atoms with E-state index in [0.29, 0.717) is 0 Å². The maximum Gasteiger partial charge on any atom is 0.417 e. The molecule has 0 amide bonds. The highest BCUT2D eigenvalue weighted by Crippen LogP contribution is 2.38. The Labute approximate surface area is 137 Å². The van der Waals surface area contributed by atoms with Crippen molar-refractivity contribution in [2.24, 2.45) is 0 Å². The van der Waals surface area contributed by atoms with Crippen molar-refractivity contribution in [2.75, 3.05) is 0 Å². The first-order valence-electron chi connectivity index (χ1n) is 5.70. The molecular formula is C14H8BrCl2F3O. The zero-order valence-electron chi connectivity index (χ0n) is 10.3. The normalized spacial score (nSPS) is 13.3. The summed E-state index contributed by atoms with van der Waals surface area (Å²) in [5.41, 5.74) is -0.536. The van der Waals surface area contributed by atoms with Crippen molar-refractivity contribution in [1.29, 1.82) is 0 Å². The van der Waals surface area contributed by atoms with Crippen LogP contribution in [0.4, 0.5) is 13.2 Å². The molecule has 0 saturated carbocycles. The first-order valence-corrected chi connectivity index (χ1v) is 7.25. The van der Waals surface area contributed by atoms with Crippen LogP contribution in [0.15, 0.2) is 40.9 Å². The lowest BCUT2D eigenvalue weighted by Crippen LogP contribution is -2.09. The highest BCUT2D eigenvalue weighted by Gasteiger charge is 2.33. The summed E-state index contributed by atoms with van der Waals surface area (Å²) >= 11 is 14.7. The van der Waals surface area contributed by atoms with Crippen molar-refractivity contribution in [3.05, 3.63) is 67.6 Å². The van der Waals surface area contributed by atoms with Gasteiger partial charge in [0.05, 0.1) is 15.6 Å². The van der Waals surface area contributed by atoms with Crippen molar-refractivity contribution in [1.82, 2.24) is 0 Å². The molecule has 1 unspecified atom stereocenters. The molecule has 1 N–H and O–H groups in total. The van der Waals surface area contributed by atoms with Gasteiger partial charge in [-0.05, 0) is 23.8 Å². The van der Waals surface area contributed by atoms with Crippen molar-refractivity contribution in [3.8, 4) is 0 Å². The zero-order valence-corrected chi connectivity index (χ0v) is 13.4. The quantitative estimate of drug-likeness (QED) is 0.670. The molecule has 0 aromatic heterocycles. The van der Waals surface area contributed by atoms with E-state index in [0.717, 1.165) is 6.07 Å². The van der Waals surface area contributed by atoms with Gasteiger partial charge in [0.15, 0.2) is 0 Å². The molecule has 0 aliphatic carbocycles. The maximum atomic E-state index is 12.9. The number of halogens is 6.